The van der Waals surface area contributed by atoms with E-state index in [0.717, 1.165) is 16.7 Å². The molecular formula is C17H16ClNO3. The fourth-order valence-corrected chi connectivity index (χ4v) is 2.03. The number of benzene rings is 2. The lowest BCUT2D eigenvalue weighted by atomic mass is 10.0. The summed E-state index contributed by atoms with van der Waals surface area (Å²) in [5.74, 6) is -1.09. The fourth-order valence-electron chi connectivity index (χ4n) is 1.98. The van der Waals surface area contributed by atoms with Gasteiger partial charge in [-0.15, -0.1) is 11.6 Å². The Morgan fingerprint density at radius 3 is 2.00 bits per heavy atom. The minimum atomic E-state index is -0.846. The van der Waals surface area contributed by atoms with E-state index in [1.165, 1.54) is 0 Å². The number of alkyl halides is 1. The van der Waals surface area contributed by atoms with Crippen LogP contribution in [0.2, 0.25) is 0 Å². The lowest BCUT2D eigenvalue weighted by Crippen LogP contribution is -2.20. The van der Waals surface area contributed by atoms with E-state index in [1.54, 1.807) is 31.2 Å². The van der Waals surface area contributed by atoms with E-state index in [-0.39, 0.29) is 12.3 Å². The van der Waals surface area contributed by atoms with Gasteiger partial charge in [0.1, 0.15) is 5.38 Å². The number of carboxylic acid groups (broad SMARTS) is 1. The second-order valence-electron chi connectivity index (χ2n) is 4.95. The van der Waals surface area contributed by atoms with E-state index in [4.69, 9.17) is 16.7 Å². The molecule has 22 heavy (non-hydrogen) atoms. The van der Waals surface area contributed by atoms with E-state index >= 15 is 0 Å². The summed E-state index contributed by atoms with van der Waals surface area (Å²) in [6.07, 6.45) is 0.0157. The van der Waals surface area contributed by atoms with Crippen molar-refractivity contribution in [3.8, 4) is 11.1 Å². The predicted molar refractivity (Wildman–Crippen MR) is 87.2 cm³/mol. The van der Waals surface area contributed by atoms with Crippen LogP contribution in [0.3, 0.4) is 0 Å². The Morgan fingerprint density at radius 1 is 1.05 bits per heavy atom. The molecule has 2 aromatic carbocycles. The number of rotatable bonds is 5. The third kappa shape index (κ3) is 4.33. The zero-order valence-electron chi connectivity index (χ0n) is 12.0. The van der Waals surface area contributed by atoms with Crippen LogP contribution in [0.1, 0.15) is 12.5 Å². The van der Waals surface area contributed by atoms with Gasteiger partial charge in [0.2, 0.25) is 5.91 Å². The van der Waals surface area contributed by atoms with Gasteiger partial charge in [0.15, 0.2) is 0 Å². The van der Waals surface area contributed by atoms with Crippen LogP contribution >= 0.6 is 11.6 Å². The summed E-state index contributed by atoms with van der Waals surface area (Å²) in [5.41, 5.74) is 3.41. The van der Waals surface area contributed by atoms with Crippen LogP contribution in [-0.4, -0.2) is 22.4 Å². The van der Waals surface area contributed by atoms with Gasteiger partial charge in [0, 0.05) is 5.69 Å². The van der Waals surface area contributed by atoms with Crippen molar-refractivity contribution in [3.63, 3.8) is 0 Å². The molecule has 0 spiro atoms. The number of carbonyl (C=O) groups excluding carboxylic acids is 1. The van der Waals surface area contributed by atoms with Crippen molar-refractivity contribution in [2.24, 2.45) is 0 Å². The van der Waals surface area contributed by atoms with Gasteiger partial charge < -0.3 is 10.4 Å². The summed E-state index contributed by atoms with van der Waals surface area (Å²) in [6.45, 7) is 1.62. The molecule has 2 N–H and O–H groups in total. The molecule has 1 unspecified atom stereocenters. The smallest absolute Gasteiger partial charge is 0.307 e. The number of carboxylic acids is 1. The second-order valence-corrected chi connectivity index (χ2v) is 5.60. The van der Waals surface area contributed by atoms with E-state index in [1.807, 2.05) is 24.3 Å². The van der Waals surface area contributed by atoms with Crippen LogP contribution in [0, 0.1) is 0 Å². The molecular weight excluding hydrogens is 302 g/mol. The highest BCUT2D eigenvalue weighted by Crippen LogP contribution is 2.22. The third-order valence-corrected chi connectivity index (χ3v) is 3.35. The summed E-state index contributed by atoms with van der Waals surface area (Å²) in [4.78, 5) is 22.2. The molecule has 0 saturated carbocycles. The Balaban J connectivity index is 2.10. The molecule has 0 fully saturated rings. The Morgan fingerprint density at radius 2 is 1.55 bits per heavy atom. The number of amides is 1. The lowest BCUT2D eigenvalue weighted by Gasteiger charge is -2.08. The summed E-state index contributed by atoms with van der Waals surface area (Å²) in [7, 11) is 0. The van der Waals surface area contributed by atoms with Crippen LogP contribution in [0.15, 0.2) is 48.5 Å². The Kier molecular flexibility index (Phi) is 5.17. The minimum absolute atomic E-state index is 0.0157. The first kappa shape index (κ1) is 16.0. The first-order valence-electron chi connectivity index (χ1n) is 6.82. The molecule has 114 valence electrons. The summed E-state index contributed by atoms with van der Waals surface area (Å²) < 4.78 is 0. The second kappa shape index (κ2) is 7.09. The first-order chi connectivity index (χ1) is 10.5. The van der Waals surface area contributed by atoms with Gasteiger partial charge in [0.05, 0.1) is 6.42 Å². The zero-order valence-corrected chi connectivity index (χ0v) is 12.8. The molecule has 4 nitrogen and oxygen atoms in total. The van der Waals surface area contributed by atoms with Crippen LogP contribution in [0.5, 0.6) is 0 Å². The maximum absolute atomic E-state index is 11.5. The minimum Gasteiger partial charge on any atom is -0.481 e. The third-order valence-electron chi connectivity index (χ3n) is 3.16. The molecule has 0 aliphatic heterocycles. The van der Waals surface area contributed by atoms with Crippen LogP contribution in [0.4, 0.5) is 5.69 Å². The van der Waals surface area contributed by atoms with Gasteiger partial charge in [-0.1, -0.05) is 36.4 Å². The topological polar surface area (TPSA) is 66.4 Å². The van der Waals surface area contributed by atoms with E-state index < -0.39 is 11.3 Å². The summed E-state index contributed by atoms with van der Waals surface area (Å²) >= 11 is 5.70. The van der Waals surface area contributed by atoms with Crippen molar-refractivity contribution in [3.05, 3.63) is 54.1 Å². The maximum atomic E-state index is 11.5. The Labute approximate surface area is 133 Å². The van der Waals surface area contributed by atoms with Crippen molar-refractivity contribution >= 4 is 29.2 Å². The molecule has 1 amide bonds. The lowest BCUT2D eigenvalue weighted by molar-refractivity contribution is -0.136. The van der Waals surface area contributed by atoms with Crippen LogP contribution in [0.25, 0.3) is 11.1 Å². The number of hydrogen-bond donors (Lipinski definition) is 2. The van der Waals surface area contributed by atoms with Gasteiger partial charge in [0.25, 0.3) is 0 Å². The zero-order chi connectivity index (χ0) is 16.1. The fraction of sp³-hybridized carbons (Fsp3) is 0.176. The highest BCUT2D eigenvalue weighted by atomic mass is 35.5. The molecule has 0 aromatic heterocycles. The largest absolute Gasteiger partial charge is 0.481 e. The normalized spacial score (nSPS) is 11.7. The van der Waals surface area contributed by atoms with Gasteiger partial charge in [-0.05, 0) is 35.7 Å². The highest BCUT2D eigenvalue weighted by molar-refractivity contribution is 6.32. The molecule has 0 heterocycles. The van der Waals surface area contributed by atoms with E-state index in [2.05, 4.69) is 5.32 Å². The van der Waals surface area contributed by atoms with Crippen LogP contribution < -0.4 is 5.32 Å². The Bertz CT molecular complexity index is 663. The summed E-state index contributed by atoms with van der Waals surface area (Å²) in [5, 5.41) is 10.9. The number of aliphatic carboxylic acids is 1. The molecule has 2 aromatic rings. The average Bonchev–Trinajstić information content (AvgIpc) is 2.48. The monoisotopic (exact) mass is 317 g/mol. The molecule has 5 heteroatoms. The summed E-state index contributed by atoms with van der Waals surface area (Å²) in [6, 6.07) is 14.7. The number of nitrogens with one attached hydrogen (secondary N) is 1. The van der Waals surface area contributed by atoms with Crippen molar-refractivity contribution in [1.29, 1.82) is 0 Å². The number of halogens is 1. The van der Waals surface area contributed by atoms with Gasteiger partial charge in [-0.3, -0.25) is 9.59 Å². The SMILES string of the molecule is CC(Cl)C(=O)Nc1ccc(-c2ccc(CC(=O)O)cc2)cc1. The number of anilines is 1. The predicted octanol–water partition coefficient (Wildman–Crippen LogP) is 3.55. The molecule has 0 radical (unpaired) electrons. The quantitative estimate of drug-likeness (QED) is 0.829. The standard InChI is InChI=1S/C17H16ClNO3/c1-11(18)17(22)19-15-8-6-14(7-9-15)13-4-2-12(3-5-13)10-16(20)21/h2-9,11H,10H2,1H3,(H,19,22)(H,20,21). The van der Waals surface area contributed by atoms with Crippen LogP contribution in [-0.2, 0) is 16.0 Å². The molecule has 0 bridgehead atoms. The number of hydrogen-bond acceptors (Lipinski definition) is 2. The molecule has 1 atom stereocenters. The average molecular weight is 318 g/mol. The van der Waals surface area contributed by atoms with Crippen molar-refractivity contribution in [2.45, 2.75) is 18.7 Å². The van der Waals surface area contributed by atoms with Gasteiger partial charge >= 0.3 is 5.97 Å². The molecule has 0 aliphatic rings. The van der Waals surface area contributed by atoms with Crippen molar-refractivity contribution < 1.29 is 14.7 Å². The van der Waals surface area contributed by atoms with Crippen molar-refractivity contribution in [2.75, 3.05) is 5.32 Å². The first-order valence-corrected chi connectivity index (χ1v) is 7.25. The van der Waals surface area contributed by atoms with Gasteiger partial charge in [-0.2, -0.15) is 0 Å². The van der Waals surface area contributed by atoms with E-state index in [9.17, 15) is 9.59 Å². The van der Waals surface area contributed by atoms with E-state index in [0.29, 0.717) is 5.69 Å². The van der Waals surface area contributed by atoms with Gasteiger partial charge in [-0.25, -0.2) is 0 Å². The highest BCUT2D eigenvalue weighted by Gasteiger charge is 2.09. The van der Waals surface area contributed by atoms with Crippen molar-refractivity contribution in [1.82, 2.24) is 0 Å². The molecule has 0 aliphatic carbocycles. The number of carbonyl (C=O) groups is 2. The molecule has 0 saturated heterocycles. The molecule has 2 rings (SSSR count). The maximum Gasteiger partial charge on any atom is 0.307 e. The Hall–Kier alpha value is -2.33.